The molecule has 102 valence electrons. The minimum atomic E-state index is -0.914. The van der Waals surface area contributed by atoms with Gasteiger partial charge in [0.25, 0.3) is 0 Å². The number of aliphatic carboxylic acids is 1. The van der Waals surface area contributed by atoms with Crippen molar-refractivity contribution in [3.63, 3.8) is 0 Å². The number of hydrogen-bond donors (Lipinski definition) is 2. The summed E-state index contributed by atoms with van der Waals surface area (Å²) >= 11 is 0. The Labute approximate surface area is 112 Å². The van der Waals surface area contributed by atoms with Crippen LogP contribution in [0.3, 0.4) is 0 Å². The highest BCUT2D eigenvalue weighted by atomic mass is 16.4. The predicted molar refractivity (Wildman–Crippen MR) is 73.2 cm³/mol. The fourth-order valence-electron chi connectivity index (χ4n) is 2.27. The number of hydrogen-bond acceptors (Lipinski definition) is 2. The van der Waals surface area contributed by atoms with Crippen molar-refractivity contribution in [3.8, 4) is 0 Å². The lowest BCUT2D eigenvalue weighted by atomic mass is 9.85. The molecule has 1 unspecified atom stereocenters. The normalized spacial score (nSPS) is 19.3. The molecule has 1 aliphatic heterocycles. The second-order valence-corrected chi connectivity index (χ2v) is 6.11. The summed E-state index contributed by atoms with van der Waals surface area (Å²) in [5.41, 5.74) is 2.77. The summed E-state index contributed by atoms with van der Waals surface area (Å²) in [5, 5.41) is 11.9. The van der Waals surface area contributed by atoms with Gasteiger partial charge in [0.05, 0.1) is 5.92 Å². The van der Waals surface area contributed by atoms with Gasteiger partial charge >= 0.3 is 5.97 Å². The van der Waals surface area contributed by atoms with E-state index in [0.717, 1.165) is 16.8 Å². The summed E-state index contributed by atoms with van der Waals surface area (Å²) in [7, 11) is 0. The Morgan fingerprint density at radius 3 is 2.58 bits per heavy atom. The van der Waals surface area contributed by atoms with Gasteiger partial charge in [-0.2, -0.15) is 0 Å². The zero-order chi connectivity index (χ0) is 14.2. The van der Waals surface area contributed by atoms with Gasteiger partial charge in [0.2, 0.25) is 5.91 Å². The van der Waals surface area contributed by atoms with Crippen LogP contribution in [0.1, 0.15) is 38.3 Å². The monoisotopic (exact) mass is 261 g/mol. The first-order chi connectivity index (χ1) is 8.77. The molecule has 0 radical (unpaired) electrons. The minimum absolute atomic E-state index is 0.00172. The second kappa shape index (κ2) is 4.68. The number of benzene rings is 1. The van der Waals surface area contributed by atoms with Gasteiger partial charge in [0, 0.05) is 12.1 Å². The number of amides is 1. The number of carbonyl (C=O) groups excluding carboxylic acids is 1. The molecule has 0 aliphatic carbocycles. The molecule has 19 heavy (non-hydrogen) atoms. The van der Waals surface area contributed by atoms with E-state index in [9.17, 15) is 9.59 Å². The van der Waals surface area contributed by atoms with Gasteiger partial charge in [0.1, 0.15) is 0 Å². The number of carboxylic acid groups (broad SMARTS) is 1. The van der Waals surface area contributed by atoms with Crippen molar-refractivity contribution in [1.82, 2.24) is 0 Å². The third-order valence-corrected chi connectivity index (χ3v) is 3.50. The lowest BCUT2D eigenvalue weighted by Crippen LogP contribution is -2.20. The van der Waals surface area contributed by atoms with E-state index in [2.05, 4.69) is 26.1 Å². The van der Waals surface area contributed by atoms with Gasteiger partial charge in [-0.1, -0.05) is 32.9 Å². The summed E-state index contributed by atoms with van der Waals surface area (Å²) in [6.45, 7) is 6.31. The van der Waals surface area contributed by atoms with E-state index in [0.29, 0.717) is 6.42 Å². The van der Waals surface area contributed by atoms with E-state index in [1.54, 1.807) is 0 Å². The van der Waals surface area contributed by atoms with Crippen molar-refractivity contribution in [2.24, 2.45) is 5.92 Å². The van der Waals surface area contributed by atoms with E-state index < -0.39 is 11.9 Å². The van der Waals surface area contributed by atoms with Gasteiger partial charge in [-0.05, 0) is 29.0 Å². The summed E-state index contributed by atoms with van der Waals surface area (Å²) in [6, 6.07) is 5.89. The molecular weight excluding hydrogens is 242 g/mol. The number of fused-ring (bicyclic) bond motifs is 1. The Morgan fingerprint density at radius 1 is 1.32 bits per heavy atom. The fraction of sp³-hybridized carbons (Fsp3) is 0.467. The Hall–Kier alpha value is -1.84. The molecule has 4 heteroatoms. The van der Waals surface area contributed by atoms with Crippen molar-refractivity contribution < 1.29 is 14.7 Å². The standard InChI is InChI=1S/C15H19NO3/c1-15(2,3)11-5-4-9-6-10(14(18)19)7-13(17)16-12(9)8-11/h4-5,8,10H,6-7H2,1-3H3,(H,16,17)(H,18,19). The van der Waals surface area contributed by atoms with Gasteiger partial charge in [-0.3, -0.25) is 9.59 Å². The second-order valence-electron chi connectivity index (χ2n) is 6.11. The molecule has 0 bridgehead atoms. The van der Waals surface area contributed by atoms with E-state index >= 15 is 0 Å². The van der Waals surface area contributed by atoms with Crippen molar-refractivity contribution in [2.45, 2.75) is 39.0 Å². The van der Waals surface area contributed by atoms with Crippen molar-refractivity contribution in [2.75, 3.05) is 5.32 Å². The van der Waals surface area contributed by atoms with Crippen LogP contribution in [0.4, 0.5) is 5.69 Å². The third-order valence-electron chi connectivity index (χ3n) is 3.50. The van der Waals surface area contributed by atoms with E-state index in [1.807, 2.05) is 18.2 Å². The Bertz CT molecular complexity index is 529. The zero-order valence-electron chi connectivity index (χ0n) is 11.5. The van der Waals surface area contributed by atoms with Crippen LogP contribution in [-0.2, 0) is 21.4 Å². The molecule has 1 aromatic carbocycles. The molecule has 0 fully saturated rings. The lowest BCUT2D eigenvalue weighted by molar-refractivity contribution is -0.143. The molecule has 0 saturated heterocycles. The summed E-state index contributed by atoms with van der Waals surface area (Å²) in [4.78, 5) is 22.9. The maximum Gasteiger partial charge on any atom is 0.307 e. The first-order valence-corrected chi connectivity index (χ1v) is 6.43. The highest BCUT2D eigenvalue weighted by Crippen LogP contribution is 2.31. The van der Waals surface area contributed by atoms with Crippen LogP contribution < -0.4 is 5.32 Å². The summed E-state index contributed by atoms with van der Waals surface area (Å²) < 4.78 is 0. The largest absolute Gasteiger partial charge is 0.481 e. The topological polar surface area (TPSA) is 66.4 Å². The number of rotatable bonds is 1. The number of anilines is 1. The maximum atomic E-state index is 11.7. The van der Waals surface area contributed by atoms with E-state index in [1.165, 1.54) is 0 Å². The average molecular weight is 261 g/mol. The molecular formula is C15H19NO3. The van der Waals surface area contributed by atoms with Gasteiger partial charge in [-0.15, -0.1) is 0 Å². The van der Waals surface area contributed by atoms with Crippen LogP contribution in [0.15, 0.2) is 18.2 Å². The third kappa shape index (κ3) is 2.95. The van der Waals surface area contributed by atoms with Crippen LogP contribution in [0.25, 0.3) is 0 Å². The smallest absolute Gasteiger partial charge is 0.307 e. The van der Waals surface area contributed by atoms with Crippen LogP contribution in [0.5, 0.6) is 0 Å². The zero-order valence-corrected chi connectivity index (χ0v) is 11.5. The molecule has 2 N–H and O–H groups in total. The molecule has 1 aliphatic rings. The molecule has 0 aromatic heterocycles. The molecule has 1 aromatic rings. The molecule has 4 nitrogen and oxygen atoms in total. The first-order valence-electron chi connectivity index (χ1n) is 6.43. The SMILES string of the molecule is CC(C)(C)c1ccc2c(c1)NC(=O)CC(C(=O)O)C2. The van der Waals surface area contributed by atoms with Gasteiger partial charge in [-0.25, -0.2) is 0 Å². The molecule has 0 saturated carbocycles. The predicted octanol–water partition coefficient (Wildman–Crippen LogP) is 2.57. The van der Waals surface area contributed by atoms with Crippen LogP contribution >= 0.6 is 0 Å². The molecule has 1 atom stereocenters. The molecule has 1 heterocycles. The van der Waals surface area contributed by atoms with E-state index in [-0.39, 0.29) is 17.7 Å². The summed E-state index contributed by atoms with van der Waals surface area (Å²) in [5.74, 6) is -1.78. The number of carbonyl (C=O) groups is 2. The number of nitrogens with one attached hydrogen (secondary N) is 1. The van der Waals surface area contributed by atoms with Gasteiger partial charge < -0.3 is 10.4 Å². The Kier molecular flexibility index (Phi) is 3.35. The minimum Gasteiger partial charge on any atom is -0.481 e. The highest BCUT2D eigenvalue weighted by Gasteiger charge is 2.27. The van der Waals surface area contributed by atoms with Gasteiger partial charge in [0.15, 0.2) is 0 Å². The van der Waals surface area contributed by atoms with Crippen LogP contribution in [0, 0.1) is 5.92 Å². The molecule has 2 rings (SSSR count). The van der Waals surface area contributed by atoms with E-state index in [4.69, 9.17) is 5.11 Å². The van der Waals surface area contributed by atoms with Crippen LogP contribution in [0.2, 0.25) is 0 Å². The summed E-state index contributed by atoms with van der Waals surface area (Å²) in [6.07, 6.45) is 0.433. The average Bonchev–Trinajstić information content (AvgIpc) is 2.44. The lowest BCUT2D eigenvalue weighted by Gasteiger charge is -2.21. The van der Waals surface area contributed by atoms with Crippen molar-refractivity contribution >= 4 is 17.6 Å². The highest BCUT2D eigenvalue weighted by molar-refractivity contribution is 5.95. The Morgan fingerprint density at radius 2 is 2.00 bits per heavy atom. The first kappa shape index (κ1) is 13.6. The molecule has 0 spiro atoms. The molecule has 1 amide bonds. The Balaban J connectivity index is 2.41. The fourth-order valence-corrected chi connectivity index (χ4v) is 2.27. The van der Waals surface area contributed by atoms with Crippen molar-refractivity contribution in [1.29, 1.82) is 0 Å². The van der Waals surface area contributed by atoms with Crippen molar-refractivity contribution in [3.05, 3.63) is 29.3 Å². The van der Waals surface area contributed by atoms with Crippen LogP contribution in [-0.4, -0.2) is 17.0 Å². The quantitative estimate of drug-likeness (QED) is 0.816. The number of carboxylic acids is 1. The maximum absolute atomic E-state index is 11.7.